The van der Waals surface area contributed by atoms with Crippen LogP contribution in [0.25, 0.3) is 16.6 Å². The average molecular weight is 507 g/mol. The summed E-state index contributed by atoms with van der Waals surface area (Å²) in [6.45, 7) is 10.1. The second-order valence-corrected chi connectivity index (χ2v) is 10.5. The molecule has 0 bridgehead atoms. The Hall–Kier alpha value is -4.08. The number of carbonyl (C=O) groups is 1. The second-order valence-electron chi connectivity index (χ2n) is 10.5. The average Bonchev–Trinajstić information content (AvgIpc) is 3.46. The van der Waals surface area contributed by atoms with Crippen molar-refractivity contribution in [1.29, 1.82) is 0 Å². The summed E-state index contributed by atoms with van der Waals surface area (Å²) < 4.78 is 31.2. The van der Waals surface area contributed by atoms with Gasteiger partial charge in [-0.15, -0.1) is 0 Å². The van der Waals surface area contributed by atoms with Crippen LogP contribution in [0.2, 0.25) is 0 Å². The molecule has 1 N–H and O–H groups in total. The Balaban J connectivity index is 1.57. The monoisotopic (exact) mass is 506 g/mol. The van der Waals surface area contributed by atoms with Crippen molar-refractivity contribution in [3.05, 3.63) is 76.3 Å². The van der Waals surface area contributed by atoms with E-state index in [4.69, 9.17) is 0 Å². The summed E-state index contributed by atoms with van der Waals surface area (Å²) in [5.41, 5.74) is 0.584. The molecule has 1 aliphatic rings. The van der Waals surface area contributed by atoms with Crippen molar-refractivity contribution in [3.63, 3.8) is 0 Å². The second kappa shape index (κ2) is 9.10. The number of halogens is 2. The van der Waals surface area contributed by atoms with E-state index in [9.17, 15) is 18.4 Å². The molecule has 37 heavy (non-hydrogen) atoms. The van der Waals surface area contributed by atoms with Gasteiger partial charge in [0, 0.05) is 24.5 Å². The molecule has 10 heteroatoms. The van der Waals surface area contributed by atoms with E-state index in [-0.39, 0.29) is 11.2 Å². The molecular formula is C27H28F2N6O2. The SMILES string of the molecule is C[C@H]1CCN(c2c(NC(=O)c3ccc(=O)n(-c4c(F)cccc4F)n3)ccc3c2cnn3C(C)(C)C)C1. The van der Waals surface area contributed by atoms with Gasteiger partial charge in [-0.3, -0.25) is 14.3 Å². The van der Waals surface area contributed by atoms with E-state index in [1.165, 1.54) is 12.1 Å². The van der Waals surface area contributed by atoms with Crippen LogP contribution in [0.1, 0.15) is 44.6 Å². The smallest absolute Gasteiger partial charge is 0.276 e. The van der Waals surface area contributed by atoms with Crippen LogP contribution >= 0.6 is 0 Å². The third-order valence-electron chi connectivity index (χ3n) is 6.53. The molecule has 8 nitrogen and oxygen atoms in total. The van der Waals surface area contributed by atoms with Crippen LogP contribution in [0, 0.1) is 17.6 Å². The lowest BCUT2D eigenvalue weighted by Gasteiger charge is -2.25. The van der Waals surface area contributed by atoms with Gasteiger partial charge in [0.1, 0.15) is 11.4 Å². The number of carbonyl (C=O) groups excluding carboxylic acids is 1. The Bertz CT molecular complexity index is 1550. The zero-order valence-electron chi connectivity index (χ0n) is 21.1. The zero-order chi connectivity index (χ0) is 26.5. The Morgan fingerprint density at radius 1 is 1.05 bits per heavy atom. The third kappa shape index (κ3) is 4.47. The van der Waals surface area contributed by atoms with Gasteiger partial charge in [0.15, 0.2) is 11.6 Å². The largest absolute Gasteiger partial charge is 0.369 e. The summed E-state index contributed by atoms with van der Waals surface area (Å²) in [5, 5.41) is 12.4. The Labute approximate surface area is 212 Å². The number of fused-ring (bicyclic) bond motifs is 1. The van der Waals surface area contributed by atoms with E-state index in [1.54, 1.807) is 0 Å². The van der Waals surface area contributed by atoms with Crippen LogP contribution in [-0.4, -0.2) is 38.6 Å². The maximum absolute atomic E-state index is 14.3. The fourth-order valence-electron chi connectivity index (χ4n) is 4.77. The molecule has 0 spiro atoms. The summed E-state index contributed by atoms with van der Waals surface area (Å²) in [6.07, 6.45) is 2.84. The molecule has 2 aromatic carbocycles. The molecule has 3 heterocycles. The lowest BCUT2D eigenvalue weighted by Crippen LogP contribution is -2.27. The number of benzene rings is 2. The third-order valence-corrected chi connectivity index (χ3v) is 6.53. The molecule has 5 rings (SSSR count). The highest BCUT2D eigenvalue weighted by Gasteiger charge is 2.27. The molecular weight excluding hydrogens is 478 g/mol. The van der Waals surface area contributed by atoms with Crippen molar-refractivity contribution in [2.75, 3.05) is 23.3 Å². The summed E-state index contributed by atoms with van der Waals surface area (Å²) in [7, 11) is 0. The number of hydrogen-bond donors (Lipinski definition) is 1. The first kappa shape index (κ1) is 24.6. The van der Waals surface area contributed by atoms with Crippen LogP contribution in [0.3, 0.4) is 0 Å². The number of nitrogens with one attached hydrogen (secondary N) is 1. The highest BCUT2D eigenvalue weighted by Crippen LogP contribution is 2.39. The summed E-state index contributed by atoms with van der Waals surface area (Å²) in [6, 6.07) is 9.28. The number of nitrogens with zero attached hydrogens (tertiary/aromatic N) is 5. The normalized spacial score (nSPS) is 15.9. The van der Waals surface area contributed by atoms with Crippen LogP contribution < -0.4 is 15.8 Å². The minimum Gasteiger partial charge on any atom is -0.369 e. The number of rotatable bonds is 4. The maximum atomic E-state index is 14.3. The van der Waals surface area contributed by atoms with Gasteiger partial charge in [-0.05, 0) is 63.4 Å². The molecule has 1 aliphatic heterocycles. The lowest BCUT2D eigenvalue weighted by atomic mass is 10.1. The van der Waals surface area contributed by atoms with E-state index in [1.807, 2.05) is 23.0 Å². The molecule has 0 unspecified atom stereocenters. The fourth-order valence-corrected chi connectivity index (χ4v) is 4.77. The lowest BCUT2D eigenvalue weighted by molar-refractivity contribution is 0.102. The predicted octanol–water partition coefficient (Wildman–Crippen LogP) is 4.71. The van der Waals surface area contributed by atoms with Crippen LogP contribution in [0.15, 0.2) is 53.5 Å². The molecule has 0 radical (unpaired) electrons. The van der Waals surface area contributed by atoms with Gasteiger partial charge in [0.05, 0.1) is 28.6 Å². The molecule has 1 fully saturated rings. The van der Waals surface area contributed by atoms with E-state index in [0.29, 0.717) is 16.3 Å². The van der Waals surface area contributed by atoms with Gasteiger partial charge in [0.2, 0.25) is 0 Å². The van der Waals surface area contributed by atoms with Gasteiger partial charge < -0.3 is 10.2 Å². The zero-order valence-corrected chi connectivity index (χ0v) is 21.1. The summed E-state index contributed by atoms with van der Waals surface area (Å²) in [4.78, 5) is 27.9. The number of para-hydroxylation sites is 1. The highest BCUT2D eigenvalue weighted by atomic mass is 19.1. The predicted molar refractivity (Wildman–Crippen MR) is 138 cm³/mol. The molecule has 0 saturated carbocycles. The Morgan fingerprint density at radius 2 is 1.78 bits per heavy atom. The van der Waals surface area contributed by atoms with Crippen LogP contribution in [0.5, 0.6) is 0 Å². The molecule has 1 atom stereocenters. The van der Waals surface area contributed by atoms with Gasteiger partial charge in [0.25, 0.3) is 11.5 Å². The summed E-state index contributed by atoms with van der Waals surface area (Å²) >= 11 is 0. The van der Waals surface area contributed by atoms with Gasteiger partial charge in [-0.25, -0.2) is 8.78 Å². The first-order valence-electron chi connectivity index (χ1n) is 12.2. The van der Waals surface area contributed by atoms with Gasteiger partial charge in [-0.2, -0.15) is 14.9 Å². The van der Waals surface area contributed by atoms with Gasteiger partial charge in [-0.1, -0.05) is 13.0 Å². The fraction of sp³-hybridized carbons (Fsp3) is 0.333. The van der Waals surface area contributed by atoms with Gasteiger partial charge >= 0.3 is 0 Å². The minimum absolute atomic E-state index is 0.159. The minimum atomic E-state index is -0.959. The quantitative estimate of drug-likeness (QED) is 0.433. The van der Waals surface area contributed by atoms with E-state index in [0.717, 1.165) is 54.3 Å². The van der Waals surface area contributed by atoms with Crippen molar-refractivity contribution >= 4 is 28.2 Å². The van der Waals surface area contributed by atoms with Crippen molar-refractivity contribution in [1.82, 2.24) is 19.6 Å². The molecule has 0 aliphatic carbocycles. The molecule has 4 aromatic rings. The molecule has 1 saturated heterocycles. The first-order valence-corrected chi connectivity index (χ1v) is 12.2. The number of amides is 1. The molecule has 1 amide bonds. The molecule has 192 valence electrons. The maximum Gasteiger partial charge on any atom is 0.276 e. The topological polar surface area (TPSA) is 85.1 Å². The number of aromatic nitrogens is 4. The summed E-state index contributed by atoms with van der Waals surface area (Å²) in [5.74, 6) is -2.03. The van der Waals surface area contributed by atoms with E-state index < -0.39 is 28.8 Å². The van der Waals surface area contributed by atoms with Crippen molar-refractivity contribution in [3.8, 4) is 5.69 Å². The van der Waals surface area contributed by atoms with Crippen molar-refractivity contribution in [2.45, 2.75) is 39.7 Å². The van der Waals surface area contributed by atoms with Crippen molar-refractivity contribution in [2.24, 2.45) is 5.92 Å². The number of hydrogen-bond acceptors (Lipinski definition) is 5. The Morgan fingerprint density at radius 3 is 2.43 bits per heavy atom. The first-order chi connectivity index (χ1) is 17.5. The highest BCUT2D eigenvalue weighted by molar-refractivity contribution is 6.09. The standard InChI is InChI=1S/C27H28F2N6O2/c1-16-12-13-33(15-16)24-17-14-30-35(27(2,3)4)22(17)10-8-20(24)31-26(37)21-9-11-23(36)34(32-21)25-18(28)6-5-7-19(25)29/h5-11,14,16H,12-13,15H2,1-4H3,(H,31,37)/t16-/m0/s1. The van der Waals surface area contributed by atoms with E-state index >= 15 is 0 Å². The van der Waals surface area contributed by atoms with E-state index in [2.05, 4.69) is 48.1 Å². The Kier molecular flexibility index (Phi) is 6.05. The van der Waals surface area contributed by atoms with Crippen LogP contribution in [-0.2, 0) is 5.54 Å². The molecule has 2 aromatic heterocycles. The number of anilines is 2. The van der Waals surface area contributed by atoms with Crippen molar-refractivity contribution < 1.29 is 13.6 Å². The van der Waals surface area contributed by atoms with Crippen LogP contribution in [0.4, 0.5) is 20.2 Å².